The van der Waals surface area contributed by atoms with E-state index in [-0.39, 0.29) is 18.2 Å². The predicted molar refractivity (Wildman–Crippen MR) is 84.9 cm³/mol. The Morgan fingerprint density at radius 3 is 2.61 bits per heavy atom. The predicted octanol–water partition coefficient (Wildman–Crippen LogP) is 0.722. The van der Waals surface area contributed by atoms with Crippen LogP contribution < -0.4 is 5.73 Å². The van der Waals surface area contributed by atoms with Gasteiger partial charge in [0.25, 0.3) is 5.91 Å². The van der Waals surface area contributed by atoms with Crippen molar-refractivity contribution in [1.82, 2.24) is 14.8 Å². The van der Waals surface area contributed by atoms with Crippen molar-refractivity contribution in [2.24, 2.45) is 5.73 Å². The molecule has 2 N–H and O–H groups in total. The number of carbonyl (C=O) groups is 2. The Morgan fingerprint density at radius 2 is 2.00 bits per heavy atom. The Labute approximate surface area is 137 Å². The Kier molecular flexibility index (Phi) is 4.73. The van der Waals surface area contributed by atoms with Gasteiger partial charge in [0, 0.05) is 38.1 Å². The van der Waals surface area contributed by atoms with Crippen molar-refractivity contribution in [3.05, 3.63) is 40.2 Å². The van der Waals surface area contributed by atoms with Gasteiger partial charge in [-0.3, -0.25) is 9.59 Å². The Balaban J connectivity index is 1.52. The van der Waals surface area contributed by atoms with Gasteiger partial charge in [0.15, 0.2) is 5.76 Å². The number of aromatic nitrogens is 1. The Bertz CT molecular complexity index is 675. The van der Waals surface area contributed by atoms with Gasteiger partial charge in [-0.05, 0) is 12.1 Å². The first-order chi connectivity index (χ1) is 11.2. The summed E-state index contributed by atoms with van der Waals surface area (Å²) in [6.07, 6.45) is 1.76. The topological polar surface area (TPSA) is 92.7 Å². The highest BCUT2D eigenvalue weighted by molar-refractivity contribution is 7.09. The molecule has 1 aliphatic heterocycles. The molecule has 1 saturated heterocycles. The van der Waals surface area contributed by atoms with Crippen LogP contribution in [0.1, 0.15) is 21.3 Å². The summed E-state index contributed by atoms with van der Waals surface area (Å²) in [5.41, 5.74) is 6.29. The summed E-state index contributed by atoms with van der Waals surface area (Å²) in [5, 5.41) is 2.71. The van der Waals surface area contributed by atoms with Crippen LogP contribution in [0, 0.1) is 0 Å². The normalized spacial score (nSPS) is 15.0. The van der Waals surface area contributed by atoms with Crippen molar-refractivity contribution in [3.63, 3.8) is 0 Å². The van der Waals surface area contributed by atoms with Crippen molar-refractivity contribution in [2.75, 3.05) is 26.2 Å². The number of amides is 2. The van der Waals surface area contributed by atoms with Gasteiger partial charge in [0.1, 0.15) is 5.01 Å². The van der Waals surface area contributed by atoms with Crippen LogP contribution >= 0.6 is 11.3 Å². The lowest BCUT2D eigenvalue weighted by molar-refractivity contribution is -0.132. The van der Waals surface area contributed by atoms with E-state index in [2.05, 4.69) is 4.98 Å². The third kappa shape index (κ3) is 3.59. The van der Waals surface area contributed by atoms with E-state index >= 15 is 0 Å². The summed E-state index contributed by atoms with van der Waals surface area (Å²) in [4.78, 5) is 32.3. The molecule has 122 valence electrons. The molecular formula is C15H18N4O3S. The third-order valence-corrected chi connectivity index (χ3v) is 4.68. The zero-order chi connectivity index (χ0) is 16.2. The minimum atomic E-state index is -0.130. The molecule has 0 radical (unpaired) electrons. The Hall–Kier alpha value is -2.19. The highest BCUT2D eigenvalue weighted by Crippen LogP contribution is 2.13. The fourth-order valence-corrected chi connectivity index (χ4v) is 3.18. The molecule has 23 heavy (non-hydrogen) atoms. The van der Waals surface area contributed by atoms with Gasteiger partial charge in [-0.2, -0.15) is 0 Å². The highest BCUT2D eigenvalue weighted by atomic mass is 32.1. The number of rotatable bonds is 4. The average molecular weight is 334 g/mol. The molecule has 3 rings (SSSR count). The maximum atomic E-state index is 12.3. The number of hydrogen-bond acceptors (Lipinski definition) is 6. The first-order valence-electron chi connectivity index (χ1n) is 7.41. The molecule has 2 aromatic heterocycles. The quantitative estimate of drug-likeness (QED) is 0.889. The average Bonchev–Trinajstić information content (AvgIpc) is 3.26. The summed E-state index contributed by atoms with van der Waals surface area (Å²) in [7, 11) is 0. The molecule has 2 aromatic rings. The molecule has 0 spiro atoms. The number of hydrogen-bond donors (Lipinski definition) is 1. The van der Waals surface area contributed by atoms with Gasteiger partial charge in [-0.1, -0.05) is 0 Å². The molecule has 8 heteroatoms. The van der Waals surface area contributed by atoms with E-state index in [1.54, 1.807) is 21.9 Å². The van der Waals surface area contributed by atoms with E-state index in [1.807, 2.05) is 5.38 Å². The van der Waals surface area contributed by atoms with E-state index in [0.29, 0.717) is 38.5 Å². The van der Waals surface area contributed by atoms with Gasteiger partial charge in [-0.25, -0.2) is 4.98 Å². The van der Waals surface area contributed by atoms with Crippen molar-refractivity contribution in [3.8, 4) is 0 Å². The number of thiazole rings is 1. The third-order valence-electron chi connectivity index (χ3n) is 3.76. The molecule has 2 amide bonds. The molecule has 0 atom stereocenters. The fraction of sp³-hybridized carbons (Fsp3) is 0.400. The molecular weight excluding hydrogens is 316 g/mol. The molecule has 0 aliphatic carbocycles. The standard InChI is InChI=1S/C15H18N4O3S/c16-9-13-17-11(10-23-13)8-14(20)18-3-5-19(6-4-18)15(21)12-2-1-7-22-12/h1-2,7,10H,3-6,8-9,16H2. The van der Waals surface area contributed by atoms with Crippen LogP contribution in [0.25, 0.3) is 0 Å². The summed E-state index contributed by atoms with van der Waals surface area (Å²) in [6.45, 7) is 2.47. The summed E-state index contributed by atoms with van der Waals surface area (Å²) < 4.78 is 5.13. The number of nitrogens with two attached hydrogens (primary N) is 1. The van der Waals surface area contributed by atoms with E-state index in [0.717, 1.165) is 10.7 Å². The highest BCUT2D eigenvalue weighted by Gasteiger charge is 2.26. The first kappa shape index (κ1) is 15.7. The molecule has 1 fully saturated rings. The lowest BCUT2D eigenvalue weighted by Crippen LogP contribution is -2.50. The van der Waals surface area contributed by atoms with Gasteiger partial charge in [0.2, 0.25) is 5.91 Å². The summed E-state index contributed by atoms with van der Waals surface area (Å²) in [5.74, 6) is 0.236. The molecule has 0 saturated carbocycles. The van der Waals surface area contributed by atoms with E-state index in [9.17, 15) is 9.59 Å². The van der Waals surface area contributed by atoms with Crippen molar-refractivity contribution >= 4 is 23.2 Å². The molecule has 0 unspecified atom stereocenters. The zero-order valence-electron chi connectivity index (χ0n) is 12.6. The second-order valence-corrected chi connectivity index (χ2v) is 6.21. The largest absolute Gasteiger partial charge is 0.459 e. The van der Waals surface area contributed by atoms with Crippen molar-refractivity contribution in [2.45, 2.75) is 13.0 Å². The van der Waals surface area contributed by atoms with Gasteiger partial charge in [0.05, 0.1) is 18.4 Å². The van der Waals surface area contributed by atoms with Crippen LogP contribution in [0.15, 0.2) is 28.2 Å². The van der Waals surface area contributed by atoms with Crippen LogP contribution in [-0.4, -0.2) is 52.8 Å². The molecule has 3 heterocycles. The van der Waals surface area contributed by atoms with Crippen LogP contribution in [-0.2, 0) is 17.8 Å². The van der Waals surface area contributed by atoms with Crippen molar-refractivity contribution < 1.29 is 14.0 Å². The monoisotopic (exact) mass is 334 g/mol. The second kappa shape index (κ2) is 6.93. The van der Waals surface area contributed by atoms with Gasteiger partial charge < -0.3 is 20.0 Å². The van der Waals surface area contributed by atoms with Crippen LogP contribution in [0.5, 0.6) is 0 Å². The molecule has 1 aliphatic rings. The number of nitrogens with zero attached hydrogens (tertiary/aromatic N) is 3. The van der Waals surface area contributed by atoms with Gasteiger partial charge in [-0.15, -0.1) is 11.3 Å². The molecule has 0 aromatic carbocycles. The zero-order valence-corrected chi connectivity index (χ0v) is 13.4. The summed E-state index contributed by atoms with van der Waals surface area (Å²) >= 11 is 1.47. The second-order valence-electron chi connectivity index (χ2n) is 5.26. The van der Waals surface area contributed by atoms with E-state index in [1.165, 1.54) is 17.6 Å². The lowest BCUT2D eigenvalue weighted by atomic mass is 10.2. The number of piperazine rings is 1. The smallest absolute Gasteiger partial charge is 0.289 e. The molecule has 0 bridgehead atoms. The first-order valence-corrected chi connectivity index (χ1v) is 8.29. The maximum absolute atomic E-state index is 12.3. The molecule has 7 nitrogen and oxygen atoms in total. The van der Waals surface area contributed by atoms with Crippen LogP contribution in [0.3, 0.4) is 0 Å². The fourth-order valence-electron chi connectivity index (χ4n) is 2.51. The van der Waals surface area contributed by atoms with Crippen LogP contribution in [0.4, 0.5) is 0 Å². The van der Waals surface area contributed by atoms with E-state index in [4.69, 9.17) is 10.2 Å². The SMILES string of the molecule is NCc1nc(CC(=O)N2CCN(C(=O)c3ccco3)CC2)cs1. The summed E-state index contributed by atoms with van der Waals surface area (Å²) in [6, 6.07) is 3.34. The van der Waals surface area contributed by atoms with Gasteiger partial charge >= 0.3 is 0 Å². The number of furan rings is 1. The number of carbonyl (C=O) groups excluding carboxylic acids is 2. The lowest BCUT2D eigenvalue weighted by Gasteiger charge is -2.34. The Morgan fingerprint density at radius 1 is 1.26 bits per heavy atom. The minimum Gasteiger partial charge on any atom is -0.459 e. The van der Waals surface area contributed by atoms with E-state index < -0.39 is 0 Å². The van der Waals surface area contributed by atoms with Crippen molar-refractivity contribution in [1.29, 1.82) is 0 Å². The minimum absolute atomic E-state index is 0.0315. The maximum Gasteiger partial charge on any atom is 0.289 e. The van der Waals surface area contributed by atoms with Crippen LogP contribution in [0.2, 0.25) is 0 Å².